The second kappa shape index (κ2) is 8.78. The number of amides is 2. The minimum Gasteiger partial charge on any atom is -0.457 e. The average molecular weight is 404 g/mol. The number of carbonyl (C=O) groups excluding carboxylic acids is 2. The van der Waals surface area contributed by atoms with Crippen LogP contribution in [-0.4, -0.2) is 11.8 Å². The fourth-order valence-electron chi connectivity index (χ4n) is 2.93. The number of hydrogen-bond acceptors (Lipinski definition) is 3. The van der Waals surface area contributed by atoms with E-state index in [-0.39, 0.29) is 23.5 Å². The Morgan fingerprint density at radius 1 is 0.933 bits per heavy atom. The van der Waals surface area contributed by atoms with Gasteiger partial charge in [0.25, 0.3) is 5.91 Å². The molecule has 0 radical (unpaired) electrons. The molecule has 0 aromatic heterocycles. The summed E-state index contributed by atoms with van der Waals surface area (Å²) in [6.45, 7) is 0.355. The molecule has 0 saturated heterocycles. The molecule has 2 N–H and O–H groups in total. The number of anilines is 1. The summed E-state index contributed by atoms with van der Waals surface area (Å²) in [6, 6.07) is 20.0. The number of rotatable bonds is 7. The van der Waals surface area contributed by atoms with E-state index in [0.717, 1.165) is 18.4 Å². The third kappa shape index (κ3) is 5.23. The van der Waals surface area contributed by atoms with Gasteiger partial charge in [-0.2, -0.15) is 0 Å². The van der Waals surface area contributed by atoms with Crippen LogP contribution in [0.1, 0.15) is 28.8 Å². The maximum atomic E-state index is 13.0. The van der Waals surface area contributed by atoms with E-state index in [1.165, 1.54) is 12.1 Å². The summed E-state index contributed by atoms with van der Waals surface area (Å²) < 4.78 is 18.6. The zero-order valence-corrected chi connectivity index (χ0v) is 16.2. The predicted molar refractivity (Wildman–Crippen MR) is 112 cm³/mol. The molecule has 0 atom stereocenters. The van der Waals surface area contributed by atoms with Crippen molar-refractivity contribution in [3.63, 3.8) is 0 Å². The third-order valence-electron chi connectivity index (χ3n) is 4.77. The van der Waals surface area contributed by atoms with E-state index in [2.05, 4.69) is 10.6 Å². The normalized spacial score (nSPS) is 12.8. The van der Waals surface area contributed by atoms with Gasteiger partial charge in [0.15, 0.2) is 0 Å². The monoisotopic (exact) mass is 404 g/mol. The topological polar surface area (TPSA) is 67.4 Å². The maximum absolute atomic E-state index is 13.0. The number of ether oxygens (including phenoxy) is 1. The Bertz CT molecular complexity index is 1040. The lowest BCUT2D eigenvalue weighted by molar-refractivity contribution is -0.117. The Labute approximate surface area is 173 Å². The standard InChI is InChI=1S/C24H21FN2O3/c25-19-8-12-22(13-9-19)30-21-10-4-16(5-11-21)15-26-23(28)18-2-1-3-20(14-18)27-24(29)17-6-7-17/h1-5,8-14,17H,6-7,15H2,(H,26,28)(H,27,29). The van der Waals surface area contributed by atoms with Gasteiger partial charge in [0, 0.05) is 23.7 Å². The molecule has 1 aliphatic rings. The van der Waals surface area contributed by atoms with Crippen molar-refractivity contribution in [3.8, 4) is 11.5 Å². The smallest absolute Gasteiger partial charge is 0.251 e. The predicted octanol–water partition coefficient (Wildman–Crippen LogP) is 4.90. The SMILES string of the molecule is O=C(NCc1ccc(Oc2ccc(F)cc2)cc1)c1cccc(NC(=O)C2CC2)c1. The number of benzene rings is 3. The minimum absolute atomic E-state index is 0.00973. The van der Waals surface area contributed by atoms with Crippen molar-refractivity contribution in [2.24, 2.45) is 5.92 Å². The molecule has 0 spiro atoms. The van der Waals surface area contributed by atoms with Gasteiger partial charge in [-0.15, -0.1) is 0 Å². The van der Waals surface area contributed by atoms with Crippen LogP contribution in [0.2, 0.25) is 0 Å². The van der Waals surface area contributed by atoms with E-state index in [4.69, 9.17) is 4.74 Å². The number of carbonyl (C=O) groups is 2. The average Bonchev–Trinajstić information content (AvgIpc) is 3.60. The molecule has 5 nitrogen and oxygen atoms in total. The molecule has 6 heteroatoms. The Morgan fingerprint density at radius 3 is 2.27 bits per heavy atom. The molecular formula is C24H21FN2O3. The van der Waals surface area contributed by atoms with Crippen molar-refractivity contribution in [2.75, 3.05) is 5.32 Å². The van der Waals surface area contributed by atoms with Crippen molar-refractivity contribution >= 4 is 17.5 Å². The highest BCUT2D eigenvalue weighted by molar-refractivity contribution is 5.98. The van der Waals surface area contributed by atoms with E-state index in [9.17, 15) is 14.0 Å². The molecule has 0 aliphatic heterocycles. The Kier molecular flexibility index (Phi) is 5.75. The molecule has 4 rings (SSSR count). The number of halogens is 1. The molecule has 0 bridgehead atoms. The van der Waals surface area contributed by atoms with Crippen LogP contribution in [0.25, 0.3) is 0 Å². The van der Waals surface area contributed by atoms with Gasteiger partial charge in [-0.05, 0) is 73.0 Å². The van der Waals surface area contributed by atoms with Crippen LogP contribution in [-0.2, 0) is 11.3 Å². The first-order valence-corrected chi connectivity index (χ1v) is 9.78. The van der Waals surface area contributed by atoms with Crippen LogP contribution in [0.4, 0.5) is 10.1 Å². The minimum atomic E-state index is -0.315. The van der Waals surface area contributed by atoms with Gasteiger partial charge < -0.3 is 15.4 Å². The summed E-state index contributed by atoms with van der Waals surface area (Å²) in [4.78, 5) is 24.3. The Morgan fingerprint density at radius 2 is 1.60 bits per heavy atom. The van der Waals surface area contributed by atoms with E-state index in [0.29, 0.717) is 29.3 Å². The summed E-state index contributed by atoms with van der Waals surface area (Å²) in [5.74, 6) is 0.753. The summed E-state index contributed by atoms with van der Waals surface area (Å²) in [6.07, 6.45) is 1.86. The van der Waals surface area contributed by atoms with Gasteiger partial charge in [-0.3, -0.25) is 9.59 Å². The molecule has 0 unspecified atom stereocenters. The molecule has 1 aliphatic carbocycles. The van der Waals surface area contributed by atoms with E-state index in [1.54, 1.807) is 48.5 Å². The van der Waals surface area contributed by atoms with Crippen LogP contribution >= 0.6 is 0 Å². The van der Waals surface area contributed by atoms with E-state index >= 15 is 0 Å². The summed E-state index contributed by atoms with van der Waals surface area (Å²) in [7, 11) is 0. The molecule has 1 fully saturated rings. The van der Waals surface area contributed by atoms with Gasteiger partial charge in [0.05, 0.1) is 0 Å². The fraction of sp³-hybridized carbons (Fsp3) is 0.167. The third-order valence-corrected chi connectivity index (χ3v) is 4.77. The van der Waals surface area contributed by atoms with Crippen molar-refractivity contribution in [2.45, 2.75) is 19.4 Å². The molecule has 30 heavy (non-hydrogen) atoms. The first-order chi connectivity index (χ1) is 14.6. The van der Waals surface area contributed by atoms with Crippen molar-refractivity contribution in [3.05, 3.63) is 89.7 Å². The first-order valence-electron chi connectivity index (χ1n) is 9.78. The zero-order valence-electron chi connectivity index (χ0n) is 16.2. The highest BCUT2D eigenvalue weighted by atomic mass is 19.1. The van der Waals surface area contributed by atoms with E-state index in [1.807, 2.05) is 12.1 Å². The summed E-state index contributed by atoms with van der Waals surface area (Å²) in [5.41, 5.74) is 2.02. The zero-order chi connectivity index (χ0) is 20.9. The lowest BCUT2D eigenvalue weighted by atomic mass is 10.1. The van der Waals surface area contributed by atoms with Crippen molar-refractivity contribution < 1.29 is 18.7 Å². The van der Waals surface area contributed by atoms with Crippen LogP contribution in [0.5, 0.6) is 11.5 Å². The second-order valence-electron chi connectivity index (χ2n) is 7.23. The Hall–Kier alpha value is -3.67. The lowest BCUT2D eigenvalue weighted by Crippen LogP contribution is -2.23. The van der Waals surface area contributed by atoms with Crippen LogP contribution in [0, 0.1) is 11.7 Å². The van der Waals surface area contributed by atoms with Gasteiger partial charge in [0.2, 0.25) is 5.91 Å². The Balaban J connectivity index is 1.31. The second-order valence-corrected chi connectivity index (χ2v) is 7.23. The molecule has 152 valence electrons. The van der Waals surface area contributed by atoms with Crippen LogP contribution in [0.15, 0.2) is 72.8 Å². The van der Waals surface area contributed by atoms with E-state index < -0.39 is 0 Å². The molecular weight excluding hydrogens is 383 g/mol. The van der Waals surface area contributed by atoms with Gasteiger partial charge in [-0.25, -0.2) is 4.39 Å². The fourth-order valence-corrected chi connectivity index (χ4v) is 2.93. The molecule has 3 aromatic rings. The number of nitrogens with one attached hydrogen (secondary N) is 2. The van der Waals surface area contributed by atoms with Gasteiger partial charge >= 0.3 is 0 Å². The van der Waals surface area contributed by atoms with Crippen molar-refractivity contribution in [1.29, 1.82) is 0 Å². The van der Waals surface area contributed by atoms with Gasteiger partial charge in [0.1, 0.15) is 17.3 Å². The quantitative estimate of drug-likeness (QED) is 0.589. The van der Waals surface area contributed by atoms with Crippen LogP contribution in [0.3, 0.4) is 0 Å². The highest BCUT2D eigenvalue weighted by Gasteiger charge is 2.29. The molecule has 3 aromatic carbocycles. The van der Waals surface area contributed by atoms with Gasteiger partial charge in [-0.1, -0.05) is 18.2 Å². The highest BCUT2D eigenvalue weighted by Crippen LogP contribution is 2.30. The molecule has 2 amide bonds. The first kappa shape index (κ1) is 19.6. The number of hydrogen-bond donors (Lipinski definition) is 2. The summed E-state index contributed by atoms with van der Waals surface area (Å²) in [5, 5.41) is 5.72. The van der Waals surface area contributed by atoms with Crippen molar-refractivity contribution in [1.82, 2.24) is 5.32 Å². The molecule has 0 heterocycles. The van der Waals surface area contributed by atoms with Crippen LogP contribution < -0.4 is 15.4 Å². The maximum Gasteiger partial charge on any atom is 0.251 e. The lowest BCUT2D eigenvalue weighted by Gasteiger charge is -2.09. The molecule has 1 saturated carbocycles. The summed E-state index contributed by atoms with van der Waals surface area (Å²) >= 11 is 0. The largest absolute Gasteiger partial charge is 0.457 e.